The zero-order chi connectivity index (χ0) is 10.5. The van der Waals surface area contributed by atoms with Gasteiger partial charge in [-0.2, -0.15) is 0 Å². The Hall–Kier alpha value is -1.35. The molecular formula is C12H16N2O. The summed E-state index contributed by atoms with van der Waals surface area (Å²) >= 11 is 0. The number of rotatable bonds is 4. The van der Waals surface area contributed by atoms with Crippen molar-refractivity contribution >= 4 is 6.34 Å². The molecule has 0 radical (unpaired) electrons. The Balaban J connectivity index is 1.82. The fourth-order valence-electron chi connectivity index (χ4n) is 1.66. The molecule has 1 aromatic rings. The molecule has 0 fully saturated rings. The van der Waals surface area contributed by atoms with Crippen molar-refractivity contribution < 1.29 is 4.84 Å². The summed E-state index contributed by atoms with van der Waals surface area (Å²) in [5.41, 5.74) is 1.31. The highest BCUT2D eigenvalue weighted by molar-refractivity contribution is 5.55. The fourth-order valence-corrected chi connectivity index (χ4v) is 1.66. The molecule has 0 amide bonds. The summed E-state index contributed by atoms with van der Waals surface area (Å²) in [6.07, 6.45) is 2.89. The summed E-state index contributed by atoms with van der Waals surface area (Å²) in [7, 11) is 0. The van der Waals surface area contributed by atoms with Crippen LogP contribution < -0.4 is 0 Å². The molecule has 15 heavy (non-hydrogen) atoms. The quantitative estimate of drug-likeness (QED) is 0.748. The highest BCUT2D eigenvalue weighted by Crippen LogP contribution is 2.07. The van der Waals surface area contributed by atoms with Crippen LogP contribution in [0.5, 0.6) is 0 Å². The zero-order valence-corrected chi connectivity index (χ0v) is 8.97. The largest absolute Gasteiger partial charge is 0.272 e. The topological polar surface area (TPSA) is 24.8 Å². The molecule has 0 saturated heterocycles. The normalized spacial score (nSPS) is 17.0. The number of hydrogen-bond donors (Lipinski definition) is 0. The van der Waals surface area contributed by atoms with Crippen molar-refractivity contribution in [1.82, 2.24) is 5.06 Å². The third-order valence-electron chi connectivity index (χ3n) is 2.34. The first-order valence-electron chi connectivity index (χ1n) is 5.32. The van der Waals surface area contributed by atoms with Crippen LogP contribution in [0.2, 0.25) is 0 Å². The minimum absolute atomic E-state index is 0.192. The zero-order valence-electron chi connectivity index (χ0n) is 8.97. The van der Waals surface area contributed by atoms with Gasteiger partial charge in [-0.15, -0.1) is 0 Å². The average Bonchev–Trinajstić information content (AvgIpc) is 2.71. The van der Waals surface area contributed by atoms with Crippen LogP contribution >= 0.6 is 0 Å². The lowest BCUT2D eigenvalue weighted by molar-refractivity contribution is -0.128. The van der Waals surface area contributed by atoms with Gasteiger partial charge in [0, 0.05) is 6.42 Å². The number of hydroxylamine groups is 2. The van der Waals surface area contributed by atoms with E-state index < -0.39 is 0 Å². The van der Waals surface area contributed by atoms with Crippen molar-refractivity contribution in [2.24, 2.45) is 4.99 Å². The van der Waals surface area contributed by atoms with Crippen molar-refractivity contribution in [3.8, 4) is 0 Å². The van der Waals surface area contributed by atoms with Gasteiger partial charge in [0.1, 0.15) is 6.34 Å². The molecule has 2 rings (SSSR count). The molecule has 0 N–H and O–H groups in total. The first kappa shape index (κ1) is 10.2. The lowest BCUT2D eigenvalue weighted by atomic mass is 10.1. The Bertz CT molecular complexity index is 324. The number of nitrogens with zero attached hydrogens (tertiary/aromatic N) is 2. The van der Waals surface area contributed by atoms with E-state index >= 15 is 0 Å². The van der Waals surface area contributed by atoms with E-state index in [-0.39, 0.29) is 6.10 Å². The van der Waals surface area contributed by atoms with Gasteiger partial charge in [-0.1, -0.05) is 30.3 Å². The molecule has 0 spiro atoms. The van der Waals surface area contributed by atoms with E-state index in [1.165, 1.54) is 5.56 Å². The van der Waals surface area contributed by atoms with Crippen LogP contribution in [0.3, 0.4) is 0 Å². The standard InChI is InChI=1S/C12H16N2O/c1-11(15-14-8-7-13-10-14)9-12-5-3-2-4-6-12/h2-6,10-11H,7-9H2,1H3. The molecule has 0 aliphatic carbocycles. The maximum absolute atomic E-state index is 5.70. The summed E-state index contributed by atoms with van der Waals surface area (Å²) < 4.78 is 0. The van der Waals surface area contributed by atoms with E-state index in [9.17, 15) is 0 Å². The van der Waals surface area contributed by atoms with E-state index in [1.807, 2.05) is 11.1 Å². The van der Waals surface area contributed by atoms with Gasteiger partial charge in [0.25, 0.3) is 0 Å². The second-order valence-electron chi connectivity index (χ2n) is 3.77. The first-order chi connectivity index (χ1) is 7.34. The maximum Gasteiger partial charge on any atom is 0.110 e. The Kier molecular flexibility index (Phi) is 3.35. The molecule has 0 saturated carbocycles. The molecule has 0 bridgehead atoms. The van der Waals surface area contributed by atoms with E-state index in [0.717, 1.165) is 19.5 Å². The second-order valence-corrected chi connectivity index (χ2v) is 3.77. The SMILES string of the molecule is CC(Cc1ccccc1)ON1C=NCC1. The van der Waals surface area contributed by atoms with Crippen LogP contribution in [0.1, 0.15) is 12.5 Å². The Morgan fingerprint density at radius 1 is 1.40 bits per heavy atom. The van der Waals surface area contributed by atoms with Crippen molar-refractivity contribution in [2.75, 3.05) is 13.1 Å². The minimum atomic E-state index is 0.192. The molecule has 1 atom stereocenters. The first-order valence-corrected chi connectivity index (χ1v) is 5.32. The molecule has 3 nitrogen and oxygen atoms in total. The van der Waals surface area contributed by atoms with Gasteiger partial charge in [-0.05, 0) is 12.5 Å². The molecule has 1 aromatic carbocycles. The molecular weight excluding hydrogens is 188 g/mol. The van der Waals surface area contributed by atoms with Gasteiger partial charge in [0.15, 0.2) is 0 Å². The molecule has 1 heterocycles. The third-order valence-corrected chi connectivity index (χ3v) is 2.34. The maximum atomic E-state index is 5.70. The summed E-state index contributed by atoms with van der Waals surface area (Å²) in [5, 5.41) is 1.81. The number of aliphatic imine (C=N–C) groups is 1. The lowest BCUT2D eigenvalue weighted by Gasteiger charge is -2.19. The van der Waals surface area contributed by atoms with E-state index in [0.29, 0.717) is 0 Å². The van der Waals surface area contributed by atoms with E-state index in [1.54, 1.807) is 6.34 Å². The van der Waals surface area contributed by atoms with E-state index in [4.69, 9.17) is 4.84 Å². The van der Waals surface area contributed by atoms with Gasteiger partial charge in [-0.3, -0.25) is 9.83 Å². The van der Waals surface area contributed by atoms with Crippen LogP contribution in [0.15, 0.2) is 35.3 Å². The Morgan fingerprint density at radius 3 is 2.87 bits per heavy atom. The van der Waals surface area contributed by atoms with Crippen LogP contribution in [0, 0.1) is 0 Å². The molecule has 3 heteroatoms. The van der Waals surface area contributed by atoms with E-state index in [2.05, 4.69) is 36.2 Å². The number of benzene rings is 1. The van der Waals surface area contributed by atoms with Crippen LogP contribution in [0.25, 0.3) is 0 Å². The van der Waals surface area contributed by atoms with Gasteiger partial charge in [-0.25, -0.2) is 5.06 Å². The fraction of sp³-hybridized carbons (Fsp3) is 0.417. The van der Waals surface area contributed by atoms with Gasteiger partial charge in [0.2, 0.25) is 0 Å². The Morgan fingerprint density at radius 2 is 2.20 bits per heavy atom. The van der Waals surface area contributed by atoms with Crippen molar-refractivity contribution in [3.05, 3.63) is 35.9 Å². The van der Waals surface area contributed by atoms with Gasteiger partial charge >= 0.3 is 0 Å². The second kappa shape index (κ2) is 4.94. The monoisotopic (exact) mass is 204 g/mol. The summed E-state index contributed by atoms with van der Waals surface area (Å²) in [5.74, 6) is 0. The predicted molar refractivity (Wildman–Crippen MR) is 60.8 cm³/mol. The molecule has 1 aliphatic heterocycles. The predicted octanol–water partition coefficient (Wildman–Crippen LogP) is 1.89. The van der Waals surface area contributed by atoms with Gasteiger partial charge < -0.3 is 0 Å². The Labute approximate surface area is 90.3 Å². The average molecular weight is 204 g/mol. The summed E-state index contributed by atoms with van der Waals surface area (Å²) in [6, 6.07) is 10.4. The third kappa shape index (κ3) is 3.06. The van der Waals surface area contributed by atoms with Crippen molar-refractivity contribution in [2.45, 2.75) is 19.4 Å². The molecule has 1 aliphatic rings. The highest BCUT2D eigenvalue weighted by Gasteiger charge is 2.11. The molecule has 0 aromatic heterocycles. The van der Waals surface area contributed by atoms with Crippen LogP contribution in [-0.2, 0) is 11.3 Å². The summed E-state index contributed by atoms with van der Waals surface area (Å²) in [6.45, 7) is 3.80. The van der Waals surface area contributed by atoms with Crippen molar-refractivity contribution in [3.63, 3.8) is 0 Å². The lowest BCUT2D eigenvalue weighted by Crippen LogP contribution is -2.27. The van der Waals surface area contributed by atoms with Crippen molar-refractivity contribution in [1.29, 1.82) is 0 Å². The van der Waals surface area contributed by atoms with Crippen LogP contribution in [-0.4, -0.2) is 30.6 Å². The highest BCUT2D eigenvalue weighted by atomic mass is 16.7. The minimum Gasteiger partial charge on any atom is -0.272 e. The number of hydrogen-bond acceptors (Lipinski definition) is 3. The molecule has 1 unspecified atom stereocenters. The van der Waals surface area contributed by atoms with Gasteiger partial charge in [0.05, 0.1) is 19.2 Å². The van der Waals surface area contributed by atoms with Crippen LogP contribution in [0.4, 0.5) is 0 Å². The smallest absolute Gasteiger partial charge is 0.110 e. The molecule has 80 valence electrons. The summed E-state index contributed by atoms with van der Waals surface area (Å²) in [4.78, 5) is 9.80.